The molecule has 0 amide bonds. The third-order valence-corrected chi connectivity index (χ3v) is 1.22. The molecule has 1 aromatic rings. The zero-order valence-corrected chi connectivity index (χ0v) is 8.45. The van der Waals surface area contributed by atoms with E-state index in [1.54, 1.807) is 0 Å². The molecule has 0 N–H and O–H groups in total. The normalized spacial score (nSPS) is 7.91. The summed E-state index contributed by atoms with van der Waals surface area (Å²) in [6.07, 6.45) is 0. The van der Waals surface area contributed by atoms with Crippen molar-refractivity contribution in [2.75, 3.05) is 19.0 Å². The zero-order chi connectivity index (χ0) is 8.69. The molecule has 0 aliphatic carbocycles. The first-order valence-corrected chi connectivity index (χ1v) is 4.71. The third kappa shape index (κ3) is 4.31. The summed E-state index contributed by atoms with van der Waals surface area (Å²) in [5.41, 5.74) is 1.22. The van der Waals surface area contributed by atoms with Gasteiger partial charge in [-0.05, 0) is 0 Å². The van der Waals surface area contributed by atoms with Gasteiger partial charge in [-0.15, -0.1) is 12.1 Å². The van der Waals surface area contributed by atoms with E-state index in [2.05, 4.69) is 36.2 Å². The maximum absolute atomic E-state index is 4.45. The summed E-state index contributed by atoms with van der Waals surface area (Å²) in [4.78, 5) is 2.06. The van der Waals surface area contributed by atoms with E-state index in [0.717, 1.165) is 0 Å². The number of nitrogens with zero attached hydrogens (tertiary/aromatic N) is 1. The first-order chi connectivity index (χ1) is 5.30. The molecule has 0 saturated heterocycles. The molecule has 3 heteroatoms. The topological polar surface area (TPSA) is 3.24 Å². The fourth-order valence-corrected chi connectivity index (χ4v) is 0.676. The molecule has 1 rings (SSSR count). The zero-order valence-electron chi connectivity index (χ0n) is 6.51. The summed E-state index contributed by atoms with van der Waals surface area (Å²) in [5.74, 6) is 0. The molecule has 0 aromatic heterocycles. The van der Waals surface area contributed by atoms with Gasteiger partial charge in [0.2, 0.25) is 0 Å². The summed E-state index contributed by atoms with van der Waals surface area (Å²) in [6, 6.07) is 10.8. The fraction of sp³-hybridized carbons (Fsp3) is 0.250. The second-order valence-corrected chi connectivity index (χ2v) is 2.15. The van der Waals surface area contributed by atoms with E-state index < -0.39 is 0 Å². The Balaban J connectivity index is 0.000000461. The van der Waals surface area contributed by atoms with Crippen LogP contribution in [0.1, 0.15) is 0 Å². The van der Waals surface area contributed by atoms with Crippen LogP contribution in [-0.2, 0) is 15.1 Å². The van der Waals surface area contributed by atoms with Crippen LogP contribution in [-0.4, -0.2) is 14.1 Å². The van der Waals surface area contributed by atoms with Crippen molar-refractivity contribution < 1.29 is 15.1 Å². The number of hydrogen-bond donors (Lipinski definition) is 0. The average Bonchev–Trinajstić information content (AvgIpc) is 2.10. The molecule has 0 atom stereocenters. The number of halogens is 1. The Kier molecular flexibility index (Phi) is 6.43. The summed E-state index contributed by atoms with van der Waals surface area (Å²) < 4.78 is 0. The Bertz CT molecular complexity index is 177. The first-order valence-electron chi connectivity index (χ1n) is 3.08. The van der Waals surface area contributed by atoms with Crippen molar-refractivity contribution in [2.45, 2.75) is 0 Å². The van der Waals surface area contributed by atoms with E-state index in [4.69, 9.17) is 0 Å². The molecule has 1 aromatic carbocycles. The number of benzene rings is 1. The Morgan fingerprint density at radius 1 is 1.27 bits per heavy atom. The Morgan fingerprint density at radius 3 is 2.00 bits per heavy atom. The third-order valence-electron chi connectivity index (χ3n) is 1.22. The summed E-state index contributed by atoms with van der Waals surface area (Å²) >= 11 is 2.41. The SMILES string of the molecule is CN(C)c1cc[c-]cc1.[Cl][Mn+]. The van der Waals surface area contributed by atoms with Crippen molar-refractivity contribution in [2.24, 2.45) is 0 Å². The second-order valence-electron chi connectivity index (χ2n) is 2.15. The van der Waals surface area contributed by atoms with Crippen LogP contribution >= 0.6 is 10.1 Å². The van der Waals surface area contributed by atoms with Crippen LogP contribution in [0.2, 0.25) is 0 Å². The van der Waals surface area contributed by atoms with Crippen LogP contribution in [0.15, 0.2) is 24.3 Å². The fourth-order valence-electron chi connectivity index (χ4n) is 0.676. The van der Waals surface area contributed by atoms with Gasteiger partial charge in [0, 0.05) is 14.1 Å². The van der Waals surface area contributed by atoms with Gasteiger partial charge in [0.05, 0.1) is 0 Å². The van der Waals surface area contributed by atoms with Crippen LogP contribution in [0.4, 0.5) is 5.69 Å². The van der Waals surface area contributed by atoms with Gasteiger partial charge in [-0.3, -0.25) is 0 Å². The Morgan fingerprint density at radius 2 is 1.73 bits per heavy atom. The van der Waals surface area contributed by atoms with Gasteiger partial charge in [0.1, 0.15) is 0 Å². The minimum absolute atomic E-state index is 1.22. The number of anilines is 1. The van der Waals surface area contributed by atoms with Crippen LogP contribution < -0.4 is 4.90 Å². The molecule has 0 heterocycles. The summed E-state index contributed by atoms with van der Waals surface area (Å²) in [7, 11) is 8.50. The van der Waals surface area contributed by atoms with Crippen LogP contribution in [0, 0.1) is 6.07 Å². The van der Waals surface area contributed by atoms with Gasteiger partial charge >= 0.3 is 25.2 Å². The molecule has 61 valence electrons. The number of rotatable bonds is 1. The molecule has 0 fully saturated rings. The van der Waals surface area contributed by atoms with Crippen LogP contribution in [0.3, 0.4) is 0 Å². The molecule has 0 radical (unpaired) electrons. The van der Waals surface area contributed by atoms with Crippen molar-refractivity contribution in [1.29, 1.82) is 0 Å². The number of hydrogen-bond acceptors (Lipinski definition) is 1. The molecule has 0 aliphatic heterocycles. The Labute approximate surface area is 80.4 Å². The van der Waals surface area contributed by atoms with E-state index in [9.17, 15) is 0 Å². The van der Waals surface area contributed by atoms with Gasteiger partial charge in [-0.1, -0.05) is 5.69 Å². The average molecular weight is 211 g/mol. The van der Waals surface area contributed by atoms with Gasteiger partial charge < -0.3 is 4.90 Å². The minimum atomic E-state index is 1.22. The second kappa shape index (κ2) is 6.53. The molecule has 0 spiro atoms. The van der Waals surface area contributed by atoms with E-state index in [0.29, 0.717) is 0 Å². The van der Waals surface area contributed by atoms with Crippen LogP contribution in [0.5, 0.6) is 0 Å². The molecule has 0 bridgehead atoms. The maximum atomic E-state index is 4.45. The van der Waals surface area contributed by atoms with E-state index in [-0.39, 0.29) is 0 Å². The van der Waals surface area contributed by atoms with Crippen LogP contribution in [0.25, 0.3) is 0 Å². The van der Waals surface area contributed by atoms with Crippen molar-refractivity contribution >= 4 is 15.8 Å². The van der Waals surface area contributed by atoms with Gasteiger partial charge in [-0.25, -0.2) is 0 Å². The van der Waals surface area contributed by atoms with Crippen molar-refractivity contribution in [1.82, 2.24) is 0 Å². The predicted molar refractivity (Wildman–Crippen MR) is 45.5 cm³/mol. The molecule has 0 aliphatic rings. The van der Waals surface area contributed by atoms with Gasteiger partial charge in [-0.2, -0.15) is 18.2 Å². The monoisotopic (exact) mass is 210 g/mol. The van der Waals surface area contributed by atoms with E-state index >= 15 is 0 Å². The molecule has 11 heavy (non-hydrogen) atoms. The molecule has 0 saturated carbocycles. The molecular formula is C8H10ClMnN. The van der Waals surface area contributed by atoms with Crippen molar-refractivity contribution in [3.8, 4) is 0 Å². The summed E-state index contributed by atoms with van der Waals surface area (Å²) in [6.45, 7) is 0. The van der Waals surface area contributed by atoms with E-state index in [1.807, 2.05) is 38.4 Å². The quantitative estimate of drug-likeness (QED) is 0.508. The van der Waals surface area contributed by atoms with E-state index in [1.165, 1.54) is 5.69 Å². The van der Waals surface area contributed by atoms with Crippen molar-refractivity contribution in [3.63, 3.8) is 0 Å². The first kappa shape index (κ1) is 10.8. The molecular weight excluding hydrogens is 200 g/mol. The molecule has 1 nitrogen and oxygen atoms in total. The predicted octanol–water partition coefficient (Wildman–Crippen LogP) is 2.24. The van der Waals surface area contributed by atoms with Gasteiger partial charge in [0.25, 0.3) is 0 Å². The van der Waals surface area contributed by atoms with Gasteiger partial charge in [0.15, 0.2) is 0 Å². The Hall–Kier alpha value is -0.171. The standard InChI is InChI=1S/C8H10N.ClH.Mn/c1-9(2)8-6-4-3-5-7-8;;/h4-7H,1-2H3;1H;/q-1;;+2/p-1. The summed E-state index contributed by atoms with van der Waals surface area (Å²) in [5, 5.41) is 0. The van der Waals surface area contributed by atoms with Crippen molar-refractivity contribution in [3.05, 3.63) is 30.3 Å². The molecule has 0 unspecified atom stereocenters.